The minimum atomic E-state index is -0.0325. The number of methoxy groups -OCH3 is 1. The van der Waals surface area contributed by atoms with Crippen LogP contribution < -0.4 is 21.0 Å². The number of aryl methyl sites for hydroxylation is 1. The van der Waals surface area contributed by atoms with E-state index in [1.165, 1.54) is 0 Å². The number of Topliss-reactive ketones (excluding diaryl/α,β-unsaturated/α-hetero) is 1. The quantitative estimate of drug-likeness (QED) is 0.403. The molecule has 168 valence electrons. The number of ether oxygens (including phenoxy) is 1. The zero-order chi connectivity index (χ0) is 23.1. The second kappa shape index (κ2) is 8.34. The average molecular weight is 444 g/mol. The maximum Gasteiger partial charge on any atom is 0.228 e. The number of nitrogens with zero attached hydrogens (tertiary/aromatic N) is 4. The van der Waals surface area contributed by atoms with Crippen LogP contribution in [-0.4, -0.2) is 46.4 Å². The van der Waals surface area contributed by atoms with Crippen molar-refractivity contribution in [3.05, 3.63) is 36.2 Å². The minimum Gasteiger partial charge on any atom is -0.494 e. The van der Waals surface area contributed by atoms with E-state index >= 15 is 0 Å². The van der Waals surface area contributed by atoms with Crippen LogP contribution >= 0.6 is 0 Å². The van der Waals surface area contributed by atoms with Crippen LogP contribution in [0.5, 0.6) is 5.75 Å². The van der Waals surface area contributed by atoms with E-state index in [0.29, 0.717) is 39.9 Å². The molecule has 9 nitrogen and oxygen atoms in total. The van der Waals surface area contributed by atoms with Gasteiger partial charge in [-0.25, -0.2) is 9.97 Å². The maximum absolute atomic E-state index is 13.1. The molecule has 3 aromatic rings. The Labute approximate surface area is 192 Å². The van der Waals surface area contributed by atoms with Gasteiger partial charge >= 0.3 is 0 Å². The van der Waals surface area contributed by atoms with Gasteiger partial charge in [0, 0.05) is 30.5 Å². The monoisotopic (exact) mass is 444 g/mol. The number of hydrogen-bond donors (Lipinski definition) is 2. The zero-order valence-electron chi connectivity index (χ0n) is 18.9. The Kier molecular flexibility index (Phi) is 5.35. The Morgan fingerprint density at radius 3 is 2.55 bits per heavy atom. The molecule has 2 heterocycles. The second-order valence-corrected chi connectivity index (χ2v) is 8.67. The fraction of sp³-hybridized carbons (Fsp3) is 0.348. The topological polar surface area (TPSA) is 111 Å². The smallest absolute Gasteiger partial charge is 0.228 e. The van der Waals surface area contributed by atoms with Crippen LogP contribution in [0.2, 0.25) is 0 Å². The van der Waals surface area contributed by atoms with Crippen LogP contribution in [0, 0.1) is 11.8 Å². The first-order chi connectivity index (χ1) is 15.9. The van der Waals surface area contributed by atoms with Crippen LogP contribution in [0.3, 0.4) is 0 Å². The molecule has 1 amide bonds. The highest BCUT2D eigenvalue weighted by atomic mass is 16.5. The number of carbonyl (C=O) groups is 2. The number of para-hydroxylation sites is 1. The number of anilines is 3. The number of hydrogen-bond acceptors (Lipinski definition) is 7. The molecule has 0 spiro atoms. The highest BCUT2D eigenvalue weighted by Gasteiger charge is 2.34. The van der Waals surface area contributed by atoms with Crippen molar-refractivity contribution in [2.24, 2.45) is 18.9 Å². The molecule has 0 radical (unpaired) electrons. The third kappa shape index (κ3) is 4.33. The molecular formula is C23H25BN6O3. The molecule has 2 aliphatic carbocycles. The van der Waals surface area contributed by atoms with Gasteiger partial charge in [0.2, 0.25) is 5.91 Å². The number of nitrogens with one attached hydrogen (secondary N) is 2. The summed E-state index contributed by atoms with van der Waals surface area (Å²) < 4.78 is 7.34. The van der Waals surface area contributed by atoms with Gasteiger partial charge in [-0.15, -0.1) is 0 Å². The number of ketones is 1. The van der Waals surface area contributed by atoms with Crippen molar-refractivity contribution in [2.45, 2.75) is 25.7 Å². The lowest BCUT2D eigenvalue weighted by atomic mass is 9.91. The van der Waals surface area contributed by atoms with E-state index < -0.39 is 0 Å². The number of carbonyl (C=O) groups excluding carboxylic acids is 2. The summed E-state index contributed by atoms with van der Waals surface area (Å²) >= 11 is 0. The highest BCUT2D eigenvalue weighted by molar-refractivity contribution is 6.36. The summed E-state index contributed by atoms with van der Waals surface area (Å²) in [5.41, 5.74) is 3.12. The lowest BCUT2D eigenvalue weighted by molar-refractivity contribution is -0.117. The summed E-state index contributed by atoms with van der Waals surface area (Å²) in [5, 5.41) is 10.7. The maximum atomic E-state index is 13.1. The third-order valence-electron chi connectivity index (χ3n) is 5.92. The third-order valence-corrected chi connectivity index (χ3v) is 5.92. The van der Waals surface area contributed by atoms with Gasteiger partial charge in [0.1, 0.15) is 12.1 Å². The summed E-state index contributed by atoms with van der Waals surface area (Å²) in [6.07, 6.45) is 5.21. The number of aromatic nitrogens is 4. The molecular weight excluding hydrogens is 419 g/mol. The van der Waals surface area contributed by atoms with E-state index in [-0.39, 0.29) is 23.5 Å². The van der Waals surface area contributed by atoms with E-state index in [9.17, 15) is 9.59 Å². The Bertz CT molecular complexity index is 1250. The number of pyridine rings is 1. The predicted octanol–water partition coefficient (Wildman–Crippen LogP) is 1.83. The molecule has 2 saturated carbocycles. The van der Waals surface area contributed by atoms with Crippen molar-refractivity contribution in [3.63, 3.8) is 0 Å². The molecule has 0 unspecified atom stereocenters. The molecule has 0 saturated heterocycles. The largest absolute Gasteiger partial charge is 0.494 e. The molecule has 33 heavy (non-hydrogen) atoms. The zero-order valence-corrected chi connectivity index (χ0v) is 18.9. The van der Waals surface area contributed by atoms with E-state index in [1.807, 2.05) is 18.2 Å². The van der Waals surface area contributed by atoms with Gasteiger partial charge in [-0.3, -0.25) is 14.3 Å². The molecule has 10 heteroatoms. The first-order valence-corrected chi connectivity index (χ1v) is 11.1. The van der Waals surface area contributed by atoms with Crippen molar-refractivity contribution in [1.82, 2.24) is 19.7 Å². The summed E-state index contributed by atoms with van der Waals surface area (Å²) in [4.78, 5) is 34.3. The first kappa shape index (κ1) is 21.2. The lowest BCUT2D eigenvalue weighted by Gasteiger charge is -2.18. The first-order valence-electron chi connectivity index (χ1n) is 11.1. The van der Waals surface area contributed by atoms with Gasteiger partial charge in [0.25, 0.3) is 0 Å². The average Bonchev–Trinajstić information content (AvgIpc) is 3.70. The SMILES string of the molecule is Bc1nc(NC(=O)C2CC2)cc(Nc2cccc(-c3ncn(C)n3)c2OC)c1C(=O)C1CC1. The van der Waals surface area contributed by atoms with Crippen LogP contribution in [-0.2, 0) is 11.8 Å². The minimum absolute atomic E-state index is 0.0314. The van der Waals surface area contributed by atoms with Crippen LogP contribution in [0.15, 0.2) is 30.6 Å². The molecule has 2 aliphatic rings. The van der Waals surface area contributed by atoms with E-state index in [4.69, 9.17) is 4.74 Å². The molecule has 2 fully saturated rings. The summed E-state index contributed by atoms with van der Waals surface area (Å²) in [6, 6.07) is 7.36. The summed E-state index contributed by atoms with van der Waals surface area (Å²) in [5.74, 6) is 1.66. The van der Waals surface area contributed by atoms with Crippen LogP contribution in [0.25, 0.3) is 11.4 Å². The number of rotatable bonds is 8. The van der Waals surface area contributed by atoms with Gasteiger partial charge in [-0.2, -0.15) is 5.10 Å². The van der Waals surface area contributed by atoms with E-state index in [1.54, 1.807) is 39.1 Å². The van der Waals surface area contributed by atoms with E-state index in [0.717, 1.165) is 31.2 Å². The Morgan fingerprint density at radius 1 is 1.15 bits per heavy atom. The fourth-order valence-electron chi connectivity index (χ4n) is 3.91. The molecule has 5 rings (SSSR count). The molecule has 0 aliphatic heterocycles. The van der Waals surface area contributed by atoms with Crippen molar-refractivity contribution in [1.29, 1.82) is 0 Å². The van der Waals surface area contributed by atoms with Crippen molar-refractivity contribution >= 4 is 42.3 Å². The second-order valence-electron chi connectivity index (χ2n) is 8.67. The van der Waals surface area contributed by atoms with Crippen LogP contribution in [0.4, 0.5) is 17.2 Å². The Morgan fingerprint density at radius 2 is 1.91 bits per heavy atom. The van der Waals surface area contributed by atoms with Gasteiger partial charge in [-0.1, -0.05) is 6.07 Å². The number of benzene rings is 1. The molecule has 1 aromatic carbocycles. The van der Waals surface area contributed by atoms with Crippen molar-refractivity contribution in [2.75, 3.05) is 17.7 Å². The predicted molar refractivity (Wildman–Crippen MR) is 127 cm³/mol. The number of amides is 1. The Balaban J connectivity index is 1.55. The fourth-order valence-corrected chi connectivity index (χ4v) is 3.91. The van der Waals surface area contributed by atoms with Gasteiger partial charge in [-0.05, 0) is 37.8 Å². The summed E-state index contributed by atoms with van der Waals surface area (Å²) in [7, 11) is 5.19. The van der Waals surface area contributed by atoms with Crippen molar-refractivity contribution in [3.8, 4) is 17.1 Å². The van der Waals surface area contributed by atoms with Gasteiger partial charge < -0.3 is 15.4 Å². The molecule has 0 atom stereocenters. The molecule has 2 aromatic heterocycles. The standard InChI is InChI=1S/C23H25BN6O3/c1-30-11-25-22(29-30)14-4-3-5-15(20(14)33-2)26-16-10-17(28-23(32)13-8-9-13)27-21(24)18(16)19(31)12-6-7-12/h3-5,10-13H,6-9,24H2,1-2H3,(H2,26,27,28,32). The van der Waals surface area contributed by atoms with Crippen LogP contribution in [0.1, 0.15) is 36.0 Å². The lowest BCUT2D eigenvalue weighted by Crippen LogP contribution is -2.25. The molecule has 0 bridgehead atoms. The normalized spacial score (nSPS) is 15.2. The van der Waals surface area contributed by atoms with Crippen molar-refractivity contribution < 1.29 is 14.3 Å². The van der Waals surface area contributed by atoms with Gasteiger partial charge in [0.15, 0.2) is 25.2 Å². The van der Waals surface area contributed by atoms with Gasteiger partial charge in [0.05, 0.1) is 29.6 Å². The highest BCUT2D eigenvalue weighted by Crippen LogP contribution is 2.39. The Hall–Kier alpha value is -3.69. The van der Waals surface area contributed by atoms with E-state index in [2.05, 4.69) is 25.7 Å². The molecule has 2 N–H and O–H groups in total. The summed E-state index contributed by atoms with van der Waals surface area (Å²) in [6.45, 7) is 0.